The van der Waals surface area contributed by atoms with Crippen molar-refractivity contribution in [1.29, 1.82) is 0 Å². The van der Waals surface area contributed by atoms with Crippen LogP contribution in [-0.4, -0.2) is 18.1 Å². The molecule has 0 aliphatic heterocycles. The average molecular weight is 298 g/mol. The van der Waals surface area contributed by atoms with Crippen LogP contribution >= 0.6 is 0 Å². The average Bonchev–Trinajstić information content (AvgIpc) is 2.59. The molecule has 1 atom stereocenters. The Hall–Kier alpha value is -2.20. The molecule has 0 amide bonds. The number of benzene rings is 1. The van der Waals surface area contributed by atoms with Gasteiger partial charge in [0.25, 0.3) is 0 Å². The molecule has 0 aliphatic carbocycles. The van der Waals surface area contributed by atoms with Gasteiger partial charge in [0.2, 0.25) is 0 Å². The number of nitrogens with two attached hydrogens (primary N) is 1. The summed E-state index contributed by atoms with van der Waals surface area (Å²) in [7, 11) is 1.37. The van der Waals surface area contributed by atoms with E-state index in [0.29, 0.717) is 11.3 Å². The van der Waals surface area contributed by atoms with Crippen LogP contribution in [0.5, 0.6) is 0 Å². The quantitative estimate of drug-likeness (QED) is 0.831. The van der Waals surface area contributed by atoms with Crippen molar-refractivity contribution in [3.05, 3.63) is 65.5 Å². The van der Waals surface area contributed by atoms with E-state index in [4.69, 9.17) is 10.5 Å². The van der Waals surface area contributed by atoms with Gasteiger partial charge in [-0.05, 0) is 24.1 Å². The predicted molar refractivity (Wildman–Crippen MR) is 86.5 cm³/mol. The van der Waals surface area contributed by atoms with Gasteiger partial charge in [0, 0.05) is 6.20 Å². The van der Waals surface area contributed by atoms with Crippen LogP contribution in [0.3, 0.4) is 0 Å². The lowest BCUT2D eigenvalue weighted by atomic mass is 9.82. The van der Waals surface area contributed by atoms with E-state index < -0.39 is 5.54 Å². The third-order valence-corrected chi connectivity index (χ3v) is 3.85. The number of aromatic nitrogens is 1. The van der Waals surface area contributed by atoms with E-state index in [-0.39, 0.29) is 5.97 Å². The summed E-state index contributed by atoms with van der Waals surface area (Å²) in [6.07, 6.45) is 4.40. The second-order valence-corrected chi connectivity index (χ2v) is 5.36. The van der Waals surface area contributed by atoms with E-state index in [1.165, 1.54) is 7.11 Å². The van der Waals surface area contributed by atoms with E-state index in [2.05, 4.69) is 11.9 Å². The molecule has 116 valence electrons. The number of carbonyl (C=O) groups excluding carboxylic acids is 1. The highest BCUT2D eigenvalue weighted by molar-refractivity contribution is 5.89. The molecule has 0 bridgehead atoms. The first kappa shape index (κ1) is 16.2. The Bertz CT molecular complexity index is 628. The fourth-order valence-corrected chi connectivity index (χ4v) is 2.53. The molecule has 4 heteroatoms. The van der Waals surface area contributed by atoms with Crippen LogP contribution in [0.1, 0.15) is 47.8 Å². The van der Waals surface area contributed by atoms with Gasteiger partial charge in [-0.3, -0.25) is 4.98 Å². The molecule has 0 saturated heterocycles. The van der Waals surface area contributed by atoms with Crippen molar-refractivity contribution >= 4 is 5.97 Å². The summed E-state index contributed by atoms with van der Waals surface area (Å²) >= 11 is 0. The molecule has 2 aromatic rings. The van der Waals surface area contributed by atoms with Crippen LogP contribution in [0.4, 0.5) is 0 Å². The minimum absolute atomic E-state index is 0.380. The summed E-state index contributed by atoms with van der Waals surface area (Å²) < 4.78 is 4.78. The van der Waals surface area contributed by atoms with Crippen molar-refractivity contribution in [1.82, 2.24) is 4.98 Å². The summed E-state index contributed by atoms with van der Waals surface area (Å²) in [5.41, 5.74) is 8.17. The molecule has 0 aliphatic rings. The summed E-state index contributed by atoms with van der Waals surface area (Å²) in [6.45, 7) is 2.13. The van der Waals surface area contributed by atoms with Gasteiger partial charge in [-0.25, -0.2) is 4.79 Å². The minimum atomic E-state index is -0.707. The first-order valence-electron chi connectivity index (χ1n) is 7.51. The zero-order chi connectivity index (χ0) is 16.0. The largest absolute Gasteiger partial charge is 0.465 e. The normalized spacial score (nSPS) is 13.4. The number of ether oxygens (including phenoxy) is 1. The third-order valence-electron chi connectivity index (χ3n) is 3.85. The van der Waals surface area contributed by atoms with E-state index in [1.54, 1.807) is 18.3 Å². The molecule has 4 nitrogen and oxygen atoms in total. The number of pyridine rings is 1. The lowest BCUT2D eigenvalue weighted by Gasteiger charge is -2.30. The Morgan fingerprint density at radius 2 is 2.00 bits per heavy atom. The predicted octanol–water partition coefficient (Wildman–Crippen LogP) is 3.26. The Kier molecular flexibility index (Phi) is 5.28. The highest BCUT2D eigenvalue weighted by Gasteiger charge is 2.31. The van der Waals surface area contributed by atoms with Gasteiger partial charge in [-0.15, -0.1) is 0 Å². The van der Waals surface area contributed by atoms with E-state index in [0.717, 1.165) is 24.8 Å². The van der Waals surface area contributed by atoms with Crippen molar-refractivity contribution in [2.75, 3.05) is 7.11 Å². The number of nitrogens with zero attached hydrogens (tertiary/aromatic N) is 1. The molecular weight excluding hydrogens is 276 g/mol. The van der Waals surface area contributed by atoms with E-state index in [9.17, 15) is 4.79 Å². The maximum absolute atomic E-state index is 11.8. The number of hydrogen-bond acceptors (Lipinski definition) is 4. The standard InChI is InChI=1S/C18H22N2O2/c1-3-4-11-18(19,15-8-6-5-7-9-15)16-13-14(10-12-20-16)17(21)22-2/h5-10,12-13H,3-4,11,19H2,1-2H3. The van der Waals surface area contributed by atoms with Gasteiger partial charge in [-0.2, -0.15) is 0 Å². The number of esters is 1. The fraction of sp³-hybridized carbons (Fsp3) is 0.333. The van der Waals surface area contributed by atoms with Gasteiger partial charge < -0.3 is 10.5 Å². The number of unbranched alkanes of at least 4 members (excludes halogenated alkanes) is 1. The number of carbonyl (C=O) groups is 1. The Balaban J connectivity index is 2.48. The van der Waals surface area contributed by atoms with Gasteiger partial charge >= 0.3 is 5.97 Å². The molecule has 1 heterocycles. The van der Waals surface area contributed by atoms with Crippen molar-refractivity contribution in [2.24, 2.45) is 5.73 Å². The highest BCUT2D eigenvalue weighted by atomic mass is 16.5. The zero-order valence-corrected chi connectivity index (χ0v) is 13.1. The summed E-state index contributed by atoms with van der Waals surface area (Å²) in [5.74, 6) is -0.380. The second kappa shape index (κ2) is 7.18. The number of methoxy groups -OCH3 is 1. The summed E-state index contributed by atoms with van der Waals surface area (Å²) in [5, 5.41) is 0. The molecule has 2 N–H and O–H groups in total. The Morgan fingerprint density at radius 1 is 1.27 bits per heavy atom. The Morgan fingerprint density at radius 3 is 2.64 bits per heavy atom. The molecular formula is C18H22N2O2. The first-order valence-corrected chi connectivity index (χ1v) is 7.51. The smallest absolute Gasteiger partial charge is 0.337 e. The molecule has 2 rings (SSSR count). The van der Waals surface area contributed by atoms with E-state index in [1.807, 2.05) is 30.3 Å². The zero-order valence-electron chi connectivity index (χ0n) is 13.1. The minimum Gasteiger partial charge on any atom is -0.465 e. The van der Waals surface area contributed by atoms with Crippen molar-refractivity contribution in [3.63, 3.8) is 0 Å². The lowest BCUT2D eigenvalue weighted by Crippen LogP contribution is -2.39. The summed E-state index contributed by atoms with van der Waals surface area (Å²) in [6, 6.07) is 13.3. The van der Waals surface area contributed by atoms with Crippen molar-refractivity contribution in [3.8, 4) is 0 Å². The van der Waals surface area contributed by atoms with Gasteiger partial charge in [-0.1, -0.05) is 50.1 Å². The number of rotatable bonds is 6. The van der Waals surface area contributed by atoms with Crippen LogP contribution in [-0.2, 0) is 10.3 Å². The van der Waals surface area contributed by atoms with Crippen molar-refractivity contribution in [2.45, 2.75) is 31.7 Å². The molecule has 22 heavy (non-hydrogen) atoms. The maximum Gasteiger partial charge on any atom is 0.337 e. The maximum atomic E-state index is 11.8. The SMILES string of the molecule is CCCCC(N)(c1ccccc1)c1cc(C(=O)OC)ccn1. The van der Waals surface area contributed by atoms with E-state index >= 15 is 0 Å². The molecule has 0 spiro atoms. The highest BCUT2D eigenvalue weighted by Crippen LogP contribution is 2.31. The van der Waals surface area contributed by atoms with Crippen molar-refractivity contribution < 1.29 is 9.53 Å². The Labute approximate surface area is 131 Å². The molecule has 0 radical (unpaired) electrons. The van der Waals surface area contributed by atoms with Gasteiger partial charge in [0.1, 0.15) is 0 Å². The third kappa shape index (κ3) is 3.34. The monoisotopic (exact) mass is 298 g/mol. The van der Waals surface area contributed by atoms with Crippen LogP contribution in [0.15, 0.2) is 48.7 Å². The molecule has 1 unspecified atom stereocenters. The lowest BCUT2D eigenvalue weighted by molar-refractivity contribution is 0.0600. The molecule has 1 aromatic carbocycles. The molecule has 1 aromatic heterocycles. The van der Waals surface area contributed by atoms with Crippen LogP contribution < -0.4 is 5.73 Å². The number of hydrogen-bond donors (Lipinski definition) is 1. The first-order chi connectivity index (χ1) is 10.6. The summed E-state index contributed by atoms with van der Waals surface area (Å²) in [4.78, 5) is 16.2. The molecule has 0 fully saturated rings. The topological polar surface area (TPSA) is 65.2 Å². The van der Waals surface area contributed by atoms with Crippen LogP contribution in [0, 0.1) is 0 Å². The van der Waals surface area contributed by atoms with Crippen LogP contribution in [0.2, 0.25) is 0 Å². The second-order valence-electron chi connectivity index (χ2n) is 5.36. The van der Waals surface area contributed by atoms with Crippen LogP contribution in [0.25, 0.3) is 0 Å². The fourth-order valence-electron chi connectivity index (χ4n) is 2.53. The van der Waals surface area contributed by atoms with Gasteiger partial charge in [0.05, 0.1) is 23.9 Å². The van der Waals surface area contributed by atoms with Gasteiger partial charge in [0.15, 0.2) is 0 Å². The molecule has 0 saturated carbocycles.